The van der Waals surface area contributed by atoms with Crippen LogP contribution in [-0.4, -0.2) is 9.97 Å². The molecule has 0 radical (unpaired) electrons. The van der Waals surface area contributed by atoms with Crippen LogP contribution in [0.1, 0.15) is 22.3 Å². The fourth-order valence-electron chi connectivity index (χ4n) is 2.96. The van der Waals surface area contributed by atoms with E-state index in [1.807, 2.05) is 0 Å². The molecule has 0 unspecified atom stereocenters. The van der Waals surface area contributed by atoms with E-state index in [0.717, 1.165) is 11.4 Å². The normalized spacial score (nSPS) is 10.9. The third-order valence-corrected chi connectivity index (χ3v) is 3.64. The predicted molar refractivity (Wildman–Crippen MR) is 88.4 cm³/mol. The fourth-order valence-corrected chi connectivity index (χ4v) is 2.96. The first-order chi connectivity index (χ1) is 10.0. The maximum Gasteiger partial charge on any atom is 0.0961 e. The molecule has 2 aromatic carbocycles. The van der Waals surface area contributed by atoms with Crippen molar-refractivity contribution in [1.82, 2.24) is 9.97 Å². The number of H-pyrrole nitrogens is 1. The molecule has 0 saturated carbocycles. The molecule has 0 aliphatic heterocycles. The van der Waals surface area contributed by atoms with Gasteiger partial charge in [0.2, 0.25) is 0 Å². The van der Waals surface area contributed by atoms with Gasteiger partial charge in [-0.3, -0.25) is 0 Å². The Kier molecular flexibility index (Phi) is 3.38. The summed E-state index contributed by atoms with van der Waals surface area (Å²) in [5.74, 6) is 0. The number of imidazole rings is 1. The van der Waals surface area contributed by atoms with Gasteiger partial charge in [-0.15, -0.1) is 0 Å². The number of nitrogens with zero attached hydrogens (tertiary/aromatic N) is 1. The molecule has 0 bridgehead atoms. The van der Waals surface area contributed by atoms with Crippen LogP contribution in [0.15, 0.2) is 42.7 Å². The van der Waals surface area contributed by atoms with Crippen molar-refractivity contribution < 1.29 is 0 Å². The molecule has 1 aromatic heterocycles. The zero-order valence-corrected chi connectivity index (χ0v) is 13.0. The summed E-state index contributed by atoms with van der Waals surface area (Å²) in [5, 5.41) is 0. The molecule has 0 atom stereocenters. The Morgan fingerprint density at radius 2 is 1.14 bits per heavy atom. The van der Waals surface area contributed by atoms with Crippen molar-refractivity contribution in [2.45, 2.75) is 27.7 Å². The molecule has 0 aliphatic rings. The number of aromatic nitrogens is 2. The second-order valence-electron chi connectivity index (χ2n) is 5.88. The van der Waals surface area contributed by atoms with Crippen molar-refractivity contribution >= 4 is 0 Å². The van der Waals surface area contributed by atoms with E-state index in [1.54, 1.807) is 6.33 Å². The van der Waals surface area contributed by atoms with Gasteiger partial charge in [0, 0.05) is 11.1 Å². The highest BCUT2D eigenvalue weighted by atomic mass is 14.9. The standard InChI is InChI=1S/C19H20N2/c1-12-5-13(2)8-16(7-12)18-19(21-11-20-18)17-9-14(3)6-15(4)10-17/h5-11H,1-4H3,(H,20,21). The van der Waals surface area contributed by atoms with Crippen molar-refractivity contribution in [3.63, 3.8) is 0 Å². The van der Waals surface area contributed by atoms with Crippen molar-refractivity contribution in [3.05, 3.63) is 65.0 Å². The van der Waals surface area contributed by atoms with Crippen LogP contribution in [0.2, 0.25) is 0 Å². The van der Waals surface area contributed by atoms with Crippen molar-refractivity contribution in [2.75, 3.05) is 0 Å². The summed E-state index contributed by atoms with van der Waals surface area (Å²) < 4.78 is 0. The summed E-state index contributed by atoms with van der Waals surface area (Å²) in [6.45, 7) is 8.51. The second-order valence-corrected chi connectivity index (χ2v) is 5.88. The predicted octanol–water partition coefficient (Wildman–Crippen LogP) is 4.98. The molecule has 21 heavy (non-hydrogen) atoms. The summed E-state index contributed by atoms with van der Waals surface area (Å²) in [5.41, 5.74) is 9.54. The molecular weight excluding hydrogens is 256 g/mol. The average molecular weight is 276 g/mol. The maximum atomic E-state index is 4.55. The third-order valence-electron chi connectivity index (χ3n) is 3.64. The van der Waals surface area contributed by atoms with E-state index in [1.165, 1.54) is 33.4 Å². The molecule has 0 fully saturated rings. The van der Waals surface area contributed by atoms with E-state index in [0.29, 0.717) is 0 Å². The zero-order valence-electron chi connectivity index (χ0n) is 13.0. The first-order valence-electron chi connectivity index (χ1n) is 7.23. The molecule has 1 heterocycles. The monoisotopic (exact) mass is 276 g/mol. The van der Waals surface area contributed by atoms with Gasteiger partial charge in [0.1, 0.15) is 0 Å². The lowest BCUT2D eigenvalue weighted by atomic mass is 9.99. The Morgan fingerprint density at radius 1 is 0.667 bits per heavy atom. The van der Waals surface area contributed by atoms with E-state index in [2.05, 4.69) is 74.1 Å². The van der Waals surface area contributed by atoms with Crippen LogP contribution in [0.5, 0.6) is 0 Å². The van der Waals surface area contributed by atoms with Gasteiger partial charge in [-0.2, -0.15) is 0 Å². The van der Waals surface area contributed by atoms with Crippen LogP contribution in [-0.2, 0) is 0 Å². The van der Waals surface area contributed by atoms with Crippen LogP contribution >= 0.6 is 0 Å². The molecule has 1 N–H and O–H groups in total. The fraction of sp³-hybridized carbons (Fsp3) is 0.211. The maximum absolute atomic E-state index is 4.55. The summed E-state index contributed by atoms with van der Waals surface area (Å²) >= 11 is 0. The third kappa shape index (κ3) is 2.75. The van der Waals surface area contributed by atoms with Crippen LogP contribution in [0.25, 0.3) is 22.5 Å². The Bertz CT molecular complexity index is 691. The van der Waals surface area contributed by atoms with Gasteiger partial charge in [-0.1, -0.05) is 34.4 Å². The first-order valence-corrected chi connectivity index (χ1v) is 7.23. The van der Waals surface area contributed by atoms with Gasteiger partial charge in [0.15, 0.2) is 0 Å². The van der Waals surface area contributed by atoms with E-state index < -0.39 is 0 Å². The lowest BCUT2D eigenvalue weighted by Crippen LogP contribution is -1.88. The minimum Gasteiger partial charge on any atom is -0.344 e. The molecule has 2 heteroatoms. The largest absolute Gasteiger partial charge is 0.344 e. The first kappa shape index (κ1) is 13.6. The summed E-state index contributed by atoms with van der Waals surface area (Å²) in [4.78, 5) is 7.85. The molecule has 3 rings (SSSR count). The number of rotatable bonds is 2. The highest BCUT2D eigenvalue weighted by molar-refractivity contribution is 5.79. The Hall–Kier alpha value is -2.35. The Balaban J connectivity index is 2.16. The number of aromatic amines is 1. The minimum atomic E-state index is 1.02. The summed E-state index contributed by atoms with van der Waals surface area (Å²) in [6.07, 6.45) is 1.78. The Labute approximate surface area is 125 Å². The SMILES string of the molecule is Cc1cc(C)cc(-c2nc[nH]c2-c2cc(C)cc(C)c2)c1. The molecule has 3 aromatic rings. The topological polar surface area (TPSA) is 28.7 Å². The molecule has 2 nitrogen and oxygen atoms in total. The molecular formula is C19H20N2. The highest BCUT2D eigenvalue weighted by Crippen LogP contribution is 2.31. The van der Waals surface area contributed by atoms with Crippen molar-refractivity contribution in [3.8, 4) is 22.5 Å². The van der Waals surface area contributed by atoms with Gasteiger partial charge < -0.3 is 4.98 Å². The van der Waals surface area contributed by atoms with Crippen molar-refractivity contribution in [2.24, 2.45) is 0 Å². The number of hydrogen-bond donors (Lipinski definition) is 1. The van der Waals surface area contributed by atoms with Crippen LogP contribution in [0, 0.1) is 27.7 Å². The second kappa shape index (κ2) is 5.21. The zero-order chi connectivity index (χ0) is 15.0. The van der Waals surface area contributed by atoms with Gasteiger partial charge in [-0.25, -0.2) is 4.98 Å². The molecule has 106 valence electrons. The van der Waals surface area contributed by atoms with E-state index in [-0.39, 0.29) is 0 Å². The average Bonchev–Trinajstić information content (AvgIpc) is 2.85. The smallest absolute Gasteiger partial charge is 0.0961 e. The number of aryl methyl sites for hydroxylation is 4. The van der Waals surface area contributed by atoms with Crippen LogP contribution in [0.3, 0.4) is 0 Å². The molecule has 0 spiro atoms. The van der Waals surface area contributed by atoms with Gasteiger partial charge >= 0.3 is 0 Å². The summed E-state index contributed by atoms with van der Waals surface area (Å²) in [7, 11) is 0. The number of hydrogen-bond acceptors (Lipinski definition) is 1. The number of benzene rings is 2. The number of nitrogens with one attached hydrogen (secondary N) is 1. The Morgan fingerprint density at radius 3 is 1.67 bits per heavy atom. The van der Waals surface area contributed by atoms with Gasteiger partial charge in [0.25, 0.3) is 0 Å². The quantitative estimate of drug-likeness (QED) is 0.702. The molecule has 0 saturated heterocycles. The molecule has 0 aliphatic carbocycles. The van der Waals surface area contributed by atoms with Crippen LogP contribution < -0.4 is 0 Å². The minimum absolute atomic E-state index is 1.02. The van der Waals surface area contributed by atoms with Crippen molar-refractivity contribution in [1.29, 1.82) is 0 Å². The summed E-state index contributed by atoms with van der Waals surface area (Å²) in [6, 6.07) is 13.2. The van der Waals surface area contributed by atoms with E-state index >= 15 is 0 Å². The lowest BCUT2D eigenvalue weighted by Gasteiger charge is -2.08. The van der Waals surface area contributed by atoms with Gasteiger partial charge in [0.05, 0.1) is 17.7 Å². The van der Waals surface area contributed by atoms with E-state index in [9.17, 15) is 0 Å². The van der Waals surface area contributed by atoms with Gasteiger partial charge in [-0.05, 0) is 52.0 Å². The lowest BCUT2D eigenvalue weighted by molar-refractivity contribution is 1.30. The molecule has 0 amide bonds. The highest BCUT2D eigenvalue weighted by Gasteiger charge is 2.11. The van der Waals surface area contributed by atoms with E-state index in [4.69, 9.17) is 0 Å². The van der Waals surface area contributed by atoms with Crippen LogP contribution in [0.4, 0.5) is 0 Å².